The molecule has 1 unspecified atom stereocenters. The summed E-state index contributed by atoms with van der Waals surface area (Å²) in [6.45, 7) is 7.24. The summed E-state index contributed by atoms with van der Waals surface area (Å²) >= 11 is 0. The van der Waals surface area contributed by atoms with Crippen LogP contribution in [-0.2, 0) is 0 Å². The summed E-state index contributed by atoms with van der Waals surface area (Å²) in [5.74, 6) is 1.28. The van der Waals surface area contributed by atoms with Crippen LogP contribution >= 0.6 is 0 Å². The third kappa shape index (κ3) is 6.15. The van der Waals surface area contributed by atoms with Crippen molar-refractivity contribution in [3.05, 3.63) is 18.2 Å². The number of ether oxygens (including phenoxy) is 1. The first-order valence-electron chi connectivity index (χ1n) is 7.47. The summed E-state index contributed by atoms with van der Waals surface area (Å²) in [5, 5.41) is 12.5. The van der Waals surface area contributed by atoms with Crippen LogP contribution in [-0.4, -0.2) is 24.4 Å². The molecule has 4 N–H and O–H groups in total. The maximum atomic E-state index is 9.08. The average Bonchev–Trinajstić information content (AvgIpc) is 2.35. The van der Waals surface area contributed by atoms with E-state index in [4.69, 9.17) is 15.6 Å². The van der Waals surface area contributed by atoms with E-state index in [0.29, 0.717) is 11.6 Å². The van der Waals surface area contributed by atoms with Crippen molar-refractivity contribution in [3.8, 4) is 5.75 Å². The van der Waals surface area contributed by atoms with Crippen LogP contribution in [0, 0.1) is 5.92 Å². The highest BCUT2D eigenvalue weighted by Crippen LogP contribution is 2.24. The quantitative estimate of drug-likeness (QED) is 0.607. The van der Waals surface area contributed by atoms with Crippen molar-refractivity contribution in [2.75, 3.05) is 24.2 Å². The SMILES string of the molecule is CCCC(CCO)CNc1cc(N)cc(OC(C)C)c1. The number of nitrogen functional groups attached to an aromatic ring is 1. The van der Waals surface area contributed by atoms with E-state index < -0.39 is 0 Å². The van der Waals surface area contributed by atoms with Crippen molar-refractivity contribution in [1.82, 2.24) is 0 Å². The van der Waals surface area contributed by atoms with E-state index in [2.05, 4.69) is 12.2 Å². The lowest BCUT2D eigenvalue weighted by Crippen LogP contribution is -2.16. The van der Waals surface area contributed by atoms with E-state index in [-0.39, 0.29) is 12.7 Å². The first kappa shape index (κ1) is 16.6. The van der Waals surface area contributed by atoms with Crippen molar-refractivity contribution >= 4 is 11.4 Å². The summed E-state index contributed by atoms with van der Waals surface area (Å²) < 4.78 is 5.68. The molecular formula is C16H28N2O2. The van der Waals surface area contributed by atoms with E-state index >= 15 is 0 Å². The molecule has 4 nitrogen and oxygen atoms in total. The van der Waals surface area contributed by atoms with E-state index in [0.717, 1.165) is 37.2 Å². The molecule has 0 heterocycles. The zero-order valence-electron chi connectivity index (χ0n) is 12.9. The largest absolute Gasteiger partial charge is 0.491 e. The van der Waals surface area contributed by atoms with Crippen molar-refractivity contribution < 1.29 is 9.84 Å². The zero-order chi connectivity index (χ0) is 15.0. The normalized spacial score (nSPS) is 12.4. The number of benzene rings is 1. The first-order chi connectivity index (χ1) is 9.55. The predicted octanol–water partition coefficient (Wildman–Crippen LogP) is 3.27. The minimum Gasteiger partial charge on any atom is -0.491 e. The van der Waals surface area contributed by atoms with Gasteiger partial charge in [-0.3, -0.25) is 0 Å². The van der Waals surface area contributed by atoms with Gasteiger partial charge in [-0.15, -0.1) is 0 Å². The fraction of sp³-hybridized carbons (Fsp3) is 0.625. The Kier molecular flexibility index (Phi) is 7.23. The third-order valence-electron chi connectivity index (χ3n) is 3.13. The van der Waals surface area contributed by atoms with Gasteiger partial charge in [0.25, 0.3) is 0 Å². The molecule has 0 saturated carbocycles. The van der Waals surface area contributed by atoms with Gasteiger partial charge in [0.05, 0.1) is 6.10 Å². The van der Waals surface area contributed by atoms with Gasteiger partial charge in [-0.05, 0) is 38.7 Å². The number of nitrogens with one attached hydrogen (secondary N) is 1. The van der Waals surface area contributed by atoms with Crippen molar-refractivity contribution in [1.29, 1.82) is 0 Å². The second-order valence-corrected chi connectivity index (χ2v) is 5.51. The maximum Gasteiger partial charge on any atom is 0.123 e. The van der Waals surface area contributed by atoms with E-state index in [9.17, 15) is 0 Å². The van der Waals surface area contributed by atoms with Crippen LogP contribution in [0.25, 0.3) is 0 Å². The molecule has 0 fully saturated rings. The summed E-state index contributed by atoms with van der Waals surface area (Å²) in [7, 11) is 0. The molecule has 0 saturated heterocycles. The van der Waals surface area contributed by atoms with Crippen LogP contribution in [0.1, 0.15) is 40.0 Å². The van der Waals surface area contributed by atoms with Gasteiger partial charge in [0.2, 0.25) is 0 Å². The Balaban J connectivity index is 2.63. The van der Waals surface area contributed by atoms with Crippen molar-refractivity contribution in [2.24, 2.45) is 5.92 Å². The fourth-order valence-corrected chi connectivity index (χ4v) is 2.27. The highest BCUT2D eigenvalue weighted by atomic mass is 16.5. The smallest absolute Gasteiger partial charge is 0.123 e. The van der Waals surface area contributed by atoms with Crippen LogP contribution in [0.5, 0.6) is 5.75 Å². The Morgan fingerprint density at radius 2 is 2.00 bits per heavy atom. The zero-order valence-corrected chi connectivity index (χ0v) is 12.9. The minimum absolute atomic E-state index is 0.131. The monoisotopic (exact) mass is 280 g/mol. The number of aliphatic hydroxyl groups excluding tert-OH is 1. The van der Waals surface area contributed by atoms with Crippen LogP contribution in [0.3, 0.4) is 0 Å². The van der Waals surface area contributed by atoms with Gasteiger partial charge in [-0.2, -0.15) is 0 Å². The highest BCUT2D eigenvalue weighted by Gasteiger charge is 2.08. The molecule has 4 heteroatoms. The number of rotatable bonds is 9. The van der Waals surface area contributed by atoms with Gasteiger partial charge in [-0.1, -0.05) is 13.3 Å². The summed E-state index contributed by atoms with van der Waals surface area (Å²) in [6.07, 6.45) is 3.21. The first-order valence-corrected chi connectivity index (χ1v) is 7.47. The molecule has 0 bridgehead atoms. The van der Waals surface area contributed by atoms with Crippen molar-refractivity contribution in [3.63, 3.8) is 0 Å². The lowest BCUT2D eigenvalue weighted by atomic mass is 10.00. The Morgan fingerprint density at radius 3 is 2.60 bits per heavy atom. The number of anilines is 2. The Labute approximate surface area is 122 Å². The van der Waals surface area contributed by atoms with Gasteiger partial charge in [0.1, 0.15) is 5.75 Å². The van der Waals surface area contributed by atoms with Crippen LogP contribution in [0.15, 0.2) is 18.2 Å². The van der Waals surface area contributed by atoms with Crippen LogP contribution in [0.2, 0.25) is 0 Å². The molecule has 1 rings (SSSR count). The van der Waals surface area contributed by atoms with Gasteiger partial charge < -0.3 is 20.9 Å². The molecule has 0 radical (unpaired) electrons. The van der Waals surface area contributed by atoms with Gasteiger partial charge >= 0.3 is 0 Å². The van der Waals surface area contributed by atoms with Crippen LogP contribution < -0.4 is 15.8 Å². The fourth-order valence-electron chi connectivity index (χ4n) is 2.27. The average molecular weight is 280 g/mol. The lowest BCUT2D eigenvalue weighted by molar-refractivity contribution is 0.242. The second-order valence-electron chi connectivity index (χ2n) is 5.51. The Morgan fingerprint density at radius 1 is 1.25 bits per heavy atom. The number of aliphatic hydroxyl groups is 1. The summed E-state index contributed by atoms with van der Waals surface area (Å²) in [5.41, 5.74) is 7.57. The molecule has 114 valence electrons. The molecule has 0 aliphatic rings. The third-order valence-corrected chi connectivity index (χ3v) is 3.13. The molecule has 20 heavy (non-hydrogen) atoms. The van der Waals surface area contributed by atoms with Gasteiger partial charge in [0.15, 0.2) is 0 Å². The minimum atomic E-state index is 0.131. The highest BCUT2D eigenvalue weighted by molar-refractivity contribution is 5.59. The standard InChI is InChI=1S/C16H28N2O2/c1-4-5-13(6-7-19)11-18-15-8-14(17)9-16(10-15)20-12(2)3/h8-10,12-13,18-19H,4-7,11,17H2,1-3H3. The van der Waals surface area contributed by atoms with E-state index in [1.165, 1.54) is 0 Å². The second kappa shape index (κ2) is 8.69. The number of hydrogen-bond donors (Lipinski definition) is 3. The van der Waals surface area contributed by atoms with E-state index in [1.807, 2.05) is 32.0 Å². The number of nitrogens with two attached hydrogens (primary N) is 1. The topological polar surface area (TPSA) is 67.5 Å². The lowest BCUT2D eigenvalue weighted by Gasteiger charge is -2.18. The summed E-state index contributed by atoms with van der Waals surface area (Å²) in [4.78, 5) is 0. The molecule has 1 aromatic carbocycles. The summed E-state index contributed by atoms with van der Waals surface area (Å²) in [6, 6.07) is 5.72. The molecule has 0 aliphatic carbocycles. The van der Waals surface area contributed by atoms with Crippen LogP contribution in [0.4, 0.5) is 11.4 Å². The van der Waals surface area contributed by atoms with E-state index in [1.54, 1.807) is 0 Å². The van der Waals surface area contributed by atoms with Crippen molar-refractivity contribution in [2.45, 2.75) is 46.1 Å². The molecule has 1 atom stereocenters. The molecule has 1 aromatic rings. The molecule has 0 aliphatic heterocycles. The Bertz CT molecular complexity index is 388. The number of hydrogen-bond acceptors (Lipinski definition) is 4. The Hall–Kier alpha value is -1.42. The van der Waals surface area contributed by atoms with Gasteiger partial charge in [-0.25, -0.2) is 0 Å². The molecule has 0 amide bonds. The maximum absolute atomic E-state index is 9.08. The molecule has 0 spiro atoms. The van der Waals surface area contributed by atoms with Gasteiger partial charge in [0, 0.05) is 36.7 Å². The molecule has 0 aromatic heterocycles. The predicted molar refractivity (Wildman–Crippen MR) is 85.2 cm³/mol. The molecular weight excluding hydrogens is 252 g/mol.